The minimum atomic E-state index is -1.58. The third kappa shape index (κ3) is 3.64. The Morgan fingerprint density at radius 2 is 1.76 bits per heavy atom. The van der Waals surface area contributed by atoms with Crippen LogP contribution in [-0.4, -0.2) is 57.4 Å². The van der Waals surface area contributed by atoms with Gasteiger partial charge in [0.1, 0.15) is 12.2 Å². The lowest BCUT2D eigenvalue weighted by Crippen LogP contribution is -2.54. The quantitative estimate of drug-likeness (QED) is 0.490. The summed E-state index contributed by atoms with van der Waals surface area (Å²) in [6.45, 7) is 4.60. The van der Waals surface area contributed by atoms with Gasteiger partial charge in [0.25, 0.3) is 0 Å². The zero-order chi connectivity index (χ0) is 13.8. The van der Waals surface area contributed by atoms with E-state index in [4.69, 9.17) is 9.84 Å². The van der Waals surface area contributed by atoms with Gasteiger partial charge in [0.2, 0.25) is 0 Å². The van der Waals surface area contributed by atoms with Crippen LogP contribution in [0.25, 0.3) is 0 Å². The second-order valence-electron chi connectivity index (χ2n) is 4.42. The van der Waals surface area contributed by atoms with Crippen molar-refractivity contribution in [2.75, 3.05) is 7.11 Å². The fourth-order valence-electron chi connectivity index (χ4n) is 1.46. The molecule has 0 aliphatic carbocycles. The summed E-state index contributed by atoms with van der Waals surface area (Å²) in [5.41, 5.74) is -1.03. The zero-order valence-corrected chi connectivity index (χ0v) is 10.6. The summed E-state index contributed by atoms with van der Waals surface area (Å²) in [4.78, 5) is 10.7. The summed E-state index contributed by atoms with van der Waals surface area (Å²) in [7, 11) is 1.38. The van der Waals surface area contributed by atoms with E-state index in [1.165, 1.54) is 14.0 Å². The predicted octanol–water partition coefficient (Wildman–Crippen LogP) is -0.395. The highest BCUT2D eigenvalue weighted by Gasteiger charge is 2.42. The Morgan fingerprint density at radius 1 is 1.29 bits per heavy atom. The van der Waals surface area contributed by atoms with Gasteiger partial charge in [0.15, 0.2) is 0 Å². The van der Waals surface area contributed by atoms with Crippen molar-refractivity contribution in [2.45, 2.75) is 51.1 Å². The van der Waals surface area contributed by atoms with Crippen molar-refractivity contribution in [1.82, 2.24) is 0 Å². The summed E-state index contributed by atoms with van der Waals surface area (Å²) in [5.74, 6) is -2.41. The molecule has 0 aromatic rings. The molecule has 0 aromatic carbocycles. The molecule has 0 radical (unpaired) electrons. The first-order valence-corrected chi connectivity index (χ1v) is 5.53. The molecule has 0 amide bonds. The lowest BCUT2D eigenvalue weighted by molar-refractivity contribution is -0.174. The Hall–Kier alpha value is -0.690. The molecule has 0 heterocycles. The van der Waals surface area contributed by atoms with Crippen LogP contribution in [0.2, 0.25) is 0 Å². The maximum Gasteiger partial charge on any atom is 0.308 e. The number of ether oxygens (including phenoxy) is 1. The van der Waals surface area contributed by atoms with E-state index in [-0.39, 0.29) is 0 Å². The molecule has 0 rings (SSSR count). The van der Waals surface area contributed by atoms with Crippen molar-refractivity contribution in [3.63, 3.8) is 0 Å². The van der Waals surface area contributed by atoms with Gasteiger partial charge in [0.05, 0.1) is 17.6 Å². The van der Waals surface area contributed by atoms with E-state index in [2.05, 4.69) is 0 Å². The van der Waals surface area contributed by atoms with E-state index in [1.807, 2.05) is 0 Å². The van der Waals surface area contributed by atoms with Gasteiger partial charge in [-0.05, 0) is 20.3 Å². The van der Waals surface area contributed by atoms with E-state index in [0.717, 1.165) is 0 Å². The van der Waals surface area contributed by atoms with Gasteiger partial charge < -0.3 is 25.2 Å². The number of carboxylic acids is 1. The molecule has 6 nitrogen and oxygen atoms in total. The van der Waals surface area contributed by atoms with Gasteiger partial charge >= 0.3 is 5.97 Å². The Kier molecular flexibility index (Phi) is 6.04. The predicted molar refractivity (Wildman–Crippen MR) is 60.5 cm³/mol. The van der Waals surface area contributed by atoms with Crippen LogP contribution in [0, 0.1) is 5.92 Å². The summed E-state index contributed by atoms with van der Waals surface area (Å²) >= 11 is 0. The highest BCUT2D eigenvalue weighted by atomic mass is 16.5. The number of carboxylic acid groups (broad SMARTS) is 1. The first kappa shape index (κ1) is 16.3. The number of aliphatic carboxylic acids is 1. The first-order chi connectivity index (χ1) is 7.71. The van der Waals surface area contributed by atoms with Gasteiger partial charge in [-0.15, -0.1) is 0 Å². The third-order valence-corrected chi connectivity index (χ3v) is 3.37. The Morgan fingerprint density at radius 3 is 2.06 bits per heavy atom. The van der Waals surface area contributed by atoms with Crippen LogP contribution in [0.15, 0.2) is 0 Å². The van der Waals surface area contributed by atoms with Gasteiger partial charge in [-0.1, -0.05) is 6.92 Å². The van der Waals surface area contributed by atoms with Crippen LogP contribution in [0.1, 0.15) is 27.2 Å². The summed E-state index contributed by atoms with van der Waals surface area (Å²) < 4.78 is 5.09. The van der Waals surface area contributed by atoms with Gasteiger partial charge in [0, 0.05) is 7.11 Å². The monoisotopic (exact) mass is 250 g/mol. The molecule has 0 bridgehead atoms. The van der Waals surface area contributed by atoms with Gasteiger partial charge in [-0.2, -0.15) is 0 Å². The molecule has 0 saturated heterocycles. The van der Waals surface area contributed by atoms with E-state index in [9.17, 15) is 20.1 Å². The van der Waals surface area contributed by atoms with Crippen LogP contribution in [0.4, 0.5) is 0 Å². The number of methoxy groups -OCH3 is 1. The molecule has 17 heavy (non-hydrogen) atoms. The minimum Gasteiger partial charge on any atom is -0.481 e. The molecule has 5 unspecified atom stereocenters. The van der Waals surface area contributed by atoms with E-state index in [1.54, 1.807) is 13.8 Å². The Balaban J connectivity index is 4.80. The summed E-state index contributed by atoms with van der Waals surface area (Å²) in [5, 5.41) is 38.0. The summed E-state index contributed by atoms with van der Waals surface area (Å²) in [6.07, 6.45) is -4.08. The normalized spacial score (nSPS) is 22.3. The summed E-state index contributed by atoms with van der Waals surface area (Å²) in [6, 6.07) is 0. The van der Waals surface area contributed by atoms with Crippen molar-refractivity contribution in [2.24, 2.45) is 5.92 Å². The largest absolute Gasteiger partial charge is 0.481 e. The molecule has 0 aliphatic rings. The molecular formula is C11H22O6. The third-order valence-electron chi connectivity index (χ3n) is 3.37. The average molecular weight is 250 g/mol. The maximum absolute atomic E-state index is 10.7. The number of aliphatic hydroxyl groups is 3. The lowest BCUT2D eigenvalue weighted by Gasteiger charge is -2.37. The van der Waals surface area contributed by atoms with Crippen LogP contribution >= 0.6 is 0 Å². The van der Waals surface area contributed by atoms with Crippen molar-refractivity contribution >= 4 is 5.97 Å². The Bertz CT molecular complexity index is 250. The number of hydrogen-bond acceptors (Lipinski definition) is 5. The molecular weight excluding hydrogens is 228 g/mol. The molecule has 0 aliphatic heterocycles. The van der Waals surface area contributed by atoms with Crippen LogP contribution < -0.4 is 0 Å². The fourth-order valence-corrected chi connectivity index (χ4v) is 1.46. The first-order valence-electron chi connectivity index (χ1n) is 5.53. The average Bonchev–Trinajstić information content (AvgIpc) is 2.33. The number of aliphatic hydroxyl groups excluding tert-OH is 3. The number of hydrogen-bond donors (Lipinski definition) is 4. The van der Waals surface area contributed by atoms with Crippen LogP contribution in [-0.2, 0) is 9.53 Å². The van der Waals surface area contributed by atoms with Crippen molar-refractivity contribution in [1.29, 1.82) is 0 Å². The zero-order valence-electron chi connectivity index (χ0n) is 10.6. The maximum atomic E-state index is 10.7. The van der Waals surface area contributed by atoms with E-state index in [0.29, 0.717) is 6.42 Å². The van der Waals surface area contributed by atoms with Crippen LogP contribution in [0.5, 0.6) is 0 Å². The molecule has 0 spiro atoms. The number of rotatable bonds is 7. The van der Waals surface area contributed by atoms with Crippen molar-refractivity contribution < 1.29 is 30.0 Å². The molecule has 102 valence electrons. The SMILES string of the molecule is CCC(C)(OC)C(O)C(O)C(O)C(C)C(=O)O. The molecule has 4 N–H and O–H groups in total. The molecule has 6 heteroatoms. The van der Waals surface area contributed by atoms with Crippen molar-refractivity contribution in [3.05, 3.63) is 0 Å². The van der Waals surface area contributed by atoms with Gasteiger partial charge in [-0.3, -0.25) is 4.79 Å². The topological polar surface area (TPSA) is 107 Å². The smallest absolute Gasteiger partial charge is 0.308 e. The minimum absolute atomic E-state index is 0.413. The van der Waals surface area contributed by atoms with E-state index >= 15 is 0 Å². The molecule has 0 aromatic heterocycles. The molecule has 0 fully saturated rings. The highest BCUT2D eigenvalue weighted by molar-refractivity contribution is 5.70. The second kappa shape index (κ2) is 6.30. The van der Waals surface area contributed by atoms with Gasteiger partial charge in [-0.25, -0.2) is 0 Å². The van der Waals surface area contributed by atoms with Crippen molar-refractivity contribution in [3.8, 4) is 0 Å². The highest BCUT2D eigenvalue weighted by Crippen LogP contribution is 2.24. The molecule has 5 atom stereocenters. The molecule has 0 saturated carbocycles. The fraction of sp³-hybridized carbons (Fsp3) is 0.909. The van der Waals surface area contributed by atoms with Crippen LogP contribution in [0.3, 0.4) is 0 Å². The number of carbonyl (C=O) groups is 1. The second-order valence-corrected chi connectivity index (χ2v) is 4.42. The Labute approximate surface area is 101 Å². The standard InChI is InChI=1S/C11H22O6/c1-5-11(3,17-4)9(14)8(13)7(12)6(2)10(15)16/h6-9,12-14H,5H2,1-4H3,(H,15,16). The lowest BCUT2D eigenvalue weighted by atomic mass is 9.86. The van der Waals surface area contributed by atoms with E-state index < -0.39 is 35.8 Å².